The second-order valence-corrected chi connectivity index (χ2v) is 6.64. The van der Waals surface area contributed by atoms with Crippen LogP contribution in [0.1, 0.15) is 44.3 Å². The van der Waals surface area contributed by atoms with E-state index >= 15 is 0 Å². The van der Waals surface area contributed by atoms with Crippen molar-refractivity contribution in [2.75, 3.05) is 0 Å². The van der Waals surface area contributed by atoms with Crippen LogP contribution in [0.15, 0.2) is 78.9 Å². The van der Waals surface area contributed by atoms with Gasteiger partial charge in [-0.25, -0.2) is 0 Å². The average molecular weight is 370 g/mol. The van der Waals surface area contributed by atoms with Crippen molar-refractivity contribution in [3.05, 3.63) is 107 Å². The topological polar surface area (TPSA) is 43.4 Å². The molecule has 0 unspecified atom stereocenters. The Kier molecular flexibility index (Phi) is 6.18. The van der Waals surface area contributed by atoms with E-state index in [2.05, 4.69) is 0 Å². The van der Waals surface area contributed by atoms with Gasteiger partial charge in [-0.05, 0) is 43.2 Å². The fourth-order valence-electron chi connectivity index (χ4n) is 2.79. The van der Waals surface area contributed by atoms with Crippen LogP contribution in [0.3, 0.4) is 0 Å². The minimum atomic E-state index is -0.183. The summed E-state index contributed by atoms with van der Waals surface area (Å²) in [6, 6.07) is 22.6. The highest BCUT2D eigenvalue weighted by Crippen LogP contribution is 2.15. The van der Waals surface area contributed by atoms with E-state index in [0.29, 0.717) is 17.7 Å². The Labute approximate surface area is 165 Å². The van der Waals surface area contributed by atoms with Crippen molar-refractivity contribution in [3.8, 4) is 5.75 Å². The lowest BCUT2D eigenvalue weighted by atomic mass is 10.00. The van der Waals surface area contributed by atoms with E-state index < -0.39 is 0 Å². The number of benzene rings is 3. The zero-order valence-corrected chi connectivity index (χ0v) is 16.0. The summed E-state index contributed by atoms with van der Waals surface area (Å²) in [4.78, 5) is 24.1. The number of ether oxygens (including phenoxy) is 1. The van der Waals surface area contributed by atoms with Crippen molar-refractivity contribution in [1.82, 2.24) is 0 Å². The van der Waals surface area contributed by atoms with Crippen molar-refractivity contribution < 1.29 is 14.3 Å². The van der Waals surface area contributed by atoms with Gasteiger partial charge in [-0.2, -0.15) is 0 Å². The summed E-state index contributed by atoms with van der Waals surface area (Å²) in [5.41, 5.74) is 4.03. The van der Waals surface area contributed by atoms with Crippen molar-refractivity contribution in [1.29, 1.82) is 0 Å². The molecule has 0 aliphatic rings. The zero-order valence-electron chi connectivity index (χ0n) is 16.0. The van der Waals surface area contributed by atoms with Gasteiger partial charge in [-0.15, -0.1) is 0 Å². The first kappa shape index (κ1) is 19.3. The maximum Gasteiger partial charge on any atom is 0.186 e. The molecule has 0 bridgehead atoms. The number of ketones is 2. The van der Waals surface area contributed by atoms with Gasteiger partial charge in [0.05, 0.1) is 0 Å². The van der Waals surface area contributed by atoms with Gasteiger partial charge in [0.25, 0.3) is 0 Å². The molecule has 0 spiro atoms. The molecular formula is C25H22O3. The van der Waals surface area contributed by atoms with Gasteiger partial charge in [-0.3, -0.25) is 9.59 Å². The number of hydrogen-bond donors (Lipinski definition) is 0. The number of carbonyl (C=O) groups excluding carboxylic acids is 2. The van der Waals surface area contributed by atoms with Gasteiger partial charge < -0.3 is 4.74 Å². The predicted molar refractivity (Wildman–Crippen MR) is 112 cm³/mol. The van der Waals surface area contributed by atoms with Gasteiger partial charge in [0.15, 0.2) is 11.6 Å². The second-order valence-electron chi connectivity index (χ2n) is 6.64. The molecule has 140 valence electrons. The van der Waals surface area contributed by atoms with Crippen LogP contribution in [0.5, 0.6) is 5.75 Å². The Hall–Kier alpha value is -3.46. The van der Waals surface area contributed by atoms with E-state index in [4.69, 9.17) is 4.74 Å². The number of hydrogen-bond acceptors (Lipinski definition) is 3. The lowest BCUT2D eigenvalue weighted by Crippen LogP contribution is -2.04. The Morgan fingerprint density at radius 2 is 1.50 bits per heavy atom. The maximum atomic E-state index is 12.4. The Bertz CT molecular complexity index is 997. The summed E-state index contributed by atoms with van der Waals surface area (Å²) >= 11 is 0. The van der Waals surface area contributed by atoms with Gasteiger partial charge in [0.1, 0.15) is 12.4 Å². The summed E-state index contributed by atoms with van der Waals surface area (Å²) in [7, 11) is 0. The summed E-state index contributed by atoms with van der Waals surface area (Å²) in [6.45, 7) is 3.99. The number of Topliss-reactive ketones (excluding diaryl/α,β-unsaturated/α-hetero) is 1. The van der Waals surface area contributed by atoms with Gasteiger partial charge in [0.2, 0.25) is 0 Å². The van der Waals surface area contributed by atoms with Crippen molar-refractivity contribution >= 4 is 17.6 Å². The Morgan fingerprint density at radius 1 is 0.857 bits per heavy atom. The summed E-state index contributed by atoms with van der Waals surface area (Å²) in [5, 5.41) is 0. The monoisotopic (exact) mass is 370 g/mol. The van der Waals surface area contributed by atoms with E-state index in [9.17, 15) is 9.59 Å². The SMILES string of the molecule is CC(=O)c1ccccc1C(=O)/C=C\c1ccc(COc2ccc(C)cc2)cc1. The lowest BCUT2D eigenvalue weighted by Gasteiger charge is -2.07. The van der Waals surface area contributed by atoms with E-state index in [1.165, 1.54) is 18.6 Å². The molecule has 3 aromatic carbocycles. The van der Waals surface area contributed by atoms with Crippen LogP contribution in [0.4, 0.5) is 0 Å². The number of aryl methyl sites for hydroxylation is 1. The molecule has 0 aliphatic heterocycles. The highest BCUT2D eigenvalue weighted by molar-refractivity contribution is 6.13. The maximum absolute atomic E-state index is 12.4. The largest absolute Gasteiger partial charge is 0.489 e. The molecule has 0 aliphatic carbocycles. The van der Waals surface area contributed by atoms with Crippen LogP contribution in [0.2, 0.25) is 0 Å². The first-order chi connectivity index (χ1) is 13.5. The van der Waals surface area contributed by atoms with E-state index in [-0.39, 0.29) is 11.6 Å². The molecule has 0 saturated heterocycles. The highest BCUT2D eigenvalue weighted by atomic mass is 16.5. The van der Waals surface area contributed by atoms with Crippen LogP contribution in [0, 0.1) is 6.92 Å². The van der Waals surface area contributed by atoms with Crippen molar-refractivity contribution in [2.45, 2.75) is 20.5 Å². The molecule has 3 rings (SSSR count). The number of allylic oxidation sites excluding steroid dienone is 1. The first-order valence-electron chi connectivity index (χ1n) is 9.14. The zero-order chi connectivity index (χ0) is 19.9. The normalized spacial score (nSPS) is 10.8. The lowest BCUT2D eigenvalue weighted by molar-refractivity contribution is 0.0993. The summed E-state index contributed by atoms with van der Waals surface area (Å²) < 4.78 is 5.77. The first-order valence-corrected chi connectivity index (χ1v) is 9.14. The van der Waals surface area contributed by atoms with Gasteiger partial charge >= 0.3 is 0 Å². The molecule has 0 aromatic heterocycles. The number of carbonyl (C=O) groups is 2. The fraction of sp³-hybridized carbons (Fsp3) is 0.120. The third kappa shape index (κ3) is 5.04. The standard InChI is InChI=1S/C25H22O3/c1-18-7-14-22(15-8-18)28-17-21-11-9-20(10-12-21)13-16-25(27)24-6-4-3-5-23(24)19(2)26/h3-16H,17H2,1-2H3/b16-13-. The summed E-state index contributed by atoms with van der Waals surface area (Å²) in [5.74, 6) is 0.539. The molecular weight excluding hydrogens is 348 g/mol. The minimum Gasteiger partial charge on any atom is -0.489 e. The van der Waals surface area contributed by atoms with Crippen LogP contribution < -0.4 is 4.74 Å². The second kappa shape index (κ2) is 8.96. The fourth-order valence-corrected chi connectivity index (χ4v) is 2.79. The smallest absolute Gasteiger partial charge is 0.186 e. The quantitative estimate of drug-likeness (QED) is 0.397. The van der Waals surface area contributed by atoms with E-state index in [1.54, 1.807) is 30.3 Å². The van der Waals surface area contributed by atoms with Crippen molar-refractivity contribution in [2.24, 2.45) is 0 Å². The summed E-state index contributed by atoms with van der Waals surface area (Å²) in [6.07, 6.45) is 3.25. The van der Waals surface area contributed by atoms with Crippen LogP contribution in [-0.4, -0.2) is 11.6 Å². The molecule has 3 aromatic rings. The molecule has 0 atom stereocenters. The van der Waals surface area contributed by atoms with Crippen LogP contribution in [0.25, 0.3) is 6.08 Å². The van der Waals surface area contributed by atoms with Crippen molar-refractivity contribution in [3.63, 3.8) is 0 Å². The van der Waals surface area contributed by atoms with E-state index in [0.717, 1.165) is 16.9 Å². The van der Waals surface area contributed by atoms with Crippen LogP contribution in [-0.2, 0) is 6.61 Å². The predicted octanol–water partition coefficient (Wildman–Crippen LogP) is 5.67. The van der Waals surface area contributed by atoms with Gasteiger partial charge in [-0.1, -0.05) is 72.3 Å². The average Bonchev–Trinajstić information content (AvgIpc) is 2.72. The molecule has 0 N–H and O–H groups in total. The van der Waals surface area contributed by atoms with E-state index in [1.807, 2.05) is 55.5 Å². The third-order valence-electron chi connectivity index (χ3n) is 4.41. The molecule has 3 nitrogen and oxygen atoms in total. The Morgan fingerprint density at radius 3 is 2.14 bits per heavy atom. The molecule has 0 amide bonds. The molecule has 0 fully saturated rings. The molecule has 28 heavy (non-hydrogen) atoms. The van der Waals surface area contributed by atoms with Crippen LogP contribution >= 0.6 is 0 Å². The molecule has 0 radical (unpaired) electrons. The molecule has 0 heterocycles. The third-order valence-corrected chi connectivity index (χ3v) is 4.41. The van der Waals surface area contributed by atoms with Gasteiger partial charge in [0, 0.05) is 11.1 Å². The molecule has 0 saturated carbocycles. The highest BCUT2D eigenvalue weighted by Gasteiger charge is 2.11. The number of rotatable bonds is 7. The Balaban J connectivity index is 1.63. The minimum absolute atomic E-state index is 0.115. The molecule has 3 heteroatoms.